The molecule has 0 spiro atoms. The van der Waals surface area contributed by atoms with Crippen molar-refractivity contribution >= 4 is 27.3 Å². The fraction of sp³-hybridized carbons (Fsp3) is 0.375. The second kappa shape index (κ2) is 7.22. The van der Waals surface area contributed by atoms with Gasteiger partial charge in [0.1, 0.15) is 0 Å². The highest BCUT2D eigenvalue weighted by Gasteiger charge is 2.15. The Labute approximate surface area is 128 Å². The van der Waals surface area contributed by atoms with Crippen LogP contribution in [-0.4, -0.2) is 6.54 Å². The smallest absolute Gasteiger partial charge is 0.0380 e. The zero-order chi connectivity index (χ0) is 13.7. The Hall–Kier alpha value is -0.640. The Bertz CT molecular complexity index is 507. The first kappa shape index (κ1) is 14.8. The molecule has 0 saturated carbocycles. The van der Waals surface area contributed by atoms with Gasteiger partial charge in [-0.2, -0.15) is 0 Å². The maximum Gasteiger partial charge on any atom is 0.0380 e. The van der Waals surface area contributed by atoms with Crippen LogP contribution in [0.2, 0.25) is 0 Å². The minimum Gasteiger partial charge on any atom is -0.310 e. The highest BCUT2D eigenvalue weighted by atomic mass is 79.9. The van der Waals surface area contributed by atoms with Crippen LogP contribution >= 0.6 is 27.3 Å². The molecule has 0 aliphatic heterocycles. The highest BCUT2D eigenvalue weighted by molar-refractivity contribution is 9.10. The molecule has 1 unspecified atom stereocenters. The number of aryl methyl sites for hydroxylation is 1. The Morgan fingerprint density at radius 3 is 2.84 bits per heavy atom. The predicted molar refractivity (Wildman–Crippen MR) is 87.9 cm³/mol. The van der Waals surface area contributed by atoms with Gasteiger partial charge in [-0.15, -0.1) is 11.3 Å². The van der Waals surface area contributed by atoms with Gasteiger partial charge in [0.05, 0.1) is 0 Å². The van der Waals surface area contributed by atoms with E-state index in [4.69, 9.17) is 0 Å². The molecule has 0 amide bonds. The second-order valence-corrected chi connectivity index (χ2v) is 6.70. The van der Waals surface area contributed by atoms with Crippen molar-refractivity contribution in [3.63, 3.8) is 0 Å². The molecule has 102 valence electrons. The third-order valence-corrected chi connectivity index (χ3v) is 4.77. The summed E-state index contributed by atoms with van der Waals surface area (Å²) in [6.45, 7) is 5.41. The minimum absolute atomic E-state index is 0.382. The molecule has 0 radical (unpaired) electrons. The van der Waals surface area contributed by atoms with Crippen molar-refractivity contribution in [3.8, 4) is 0 Å². The van der Waals surface area contributed by atoms with Crippen LogP contribution in [-0.2, 0) is 6.42 Å². The maximum atomic E-state index is 3.69. The molecule has 1 atom stereocenters. The third kappa shape index (κ3) is 4.16. The molecule has 2 aromatic rings. The predicted octanol–water partition coefficient (Wildman–Crippen LogP) is 5.10. The van der Waals surface area contributed by atoms with Gasteiger partial charge in [-0.25, -0.2) is 0 Å². The van der Waals surface area contributed by atoms with Crippen molar-refractivity contribution < 1.29 is 0 Å². The average Bonchev–Trinajstić information content (AvgIpc) is 2.90. The summed E-state index contributed by atoms with van der Waals surface area (Å²) in [6, 6.07) is 11.3. The molecule has 1 aromatic heterocycles. The van der Waals surface area contributed by atoms with Crippen LogP contribution in [0.5, 0.6) is 0 Å². The van der Waals surface area contributed by atoms with Crippen molar-refractivity contribution in [2.45, 2.75) is 32.7 Å². The zero-order valence-electron chi connectivity index (χ0n) is 11.4. The molecule has 1 nitrogen and oxygen atoms in total. The molecule has 0 aliphatic rings. The van der Waals surface area contributed by atoms with E-state index in [0.29, 0.717) is 6.04 Å². The summed E-state index contributed by atoms with van der Waals surface area (Å²) >= 11 is 5.52. The fourth-order valence-corrected chi connectivity index (χ4v) is 3.45. The lowest BCUT2D eigenvalue weighted by Gasteiger charge is -2.20. The van der Waals surface area contributed by atoms with Crippen molar-refractivity contribution in [1.29, 1.82) is 0 Å². The molecule has 0 saturated heterocycles. The summed E-state index contributed by atoms with van der Waals surface area (Å²) < 4.78 is 1.20. The van der Waals surface area contributed by atoms with Gasteiger partial charge in [-0.1, -0.05) is 46.6 Å². The number of halogens is 1. The quantitative estimate of drug-likeness (QED) is 0.772. The van der Waals surface area contributed by atoms with E-state index in [1.54, 1.807) is 0 Å². The van der Waals surface area contributed by atoms with Gasteiger partial charge in [-0.3, -0.25) is 0 Å². The number of nitrogens with one attached hydrogen (secondary N) is 1. The molecule has 19 heavy (non-hydrogen) atoms. The Kier molecular flexibility index (Phi) is 5.61. The summed E-state index contributed by atoms with van der Waals surface area (Å²) in [5, 5.41) is 5.82. The van der Waals surface area contributed by atoms with E-state index in [9.17, 15) is 0 Å². The monoisotopic (exact) mass is 337 g/mol. The van der Waals surface area contributed by atoms with Crippen molar-refractivity contribution in [3.05, 3.63) is 56.2 Å². The largest absolute Gasteiger partial charge is 0.310 e. The van der Waals surface area contributed by atoms with Gasteiger partial charge in [0.2, 0.25) is 0 Å². The first-order valence-corrected chi connectivity index (χ1v) is 8.39. The first-order valence-electron chi connectivity index (χ1n) is 6.72. The molecule has 0 bridgehead atoms. The summed E-state index contributed by atoms with van der Waals surface area (Å²) in [5.74, 6) is 0. The number of rotatable bonds is 6. The van der Waals surface area contributed by atoms with Crippen LogP contribution < -0.4 is 5.32 Å². The number of benzene rings is 1. The lowest BCUT2D eigenvalue weighted by molar-refractivity contribution is 0.530. The van der Waals surface area contributed by atoms with E-state index in [1.807, 2.05) is 11.3 Å². The van der Waals surface area contributed by atoms with Crippen LogP contribution in [0.4, 0.5) is 0 Å². The molecule has 0 fully saturated rings. The normalized spacial score (nSPS) is 12.6. The molecular weight excluding hydrogens is 318 g/mol. The Morgan fingerprint density at radius 1 is 1.32 bits per heavy atom. The topological polar surface area (TPSA) is 12.0 Å². The SMILES string of the molecule is CCCNC(Cc1cccs1)c1cc(C)ccc1Br. The highest BCUT2D eigenvalue weighted by Crippen LogP contribution is 2.28. The summed E-state index contributed by atoms with van der Waals surface area (Å²) in [6.07, 6.45) is 2.21. The summed E-state index contributed by atoms with van der Waals surface area (Å²) in [7, 11) is 0. The van der Waals surface area contributed by atoms with Crippen LogP contribution in [0.25, 0.3) is 0 Å². The Morgan fingerprint density at radius 2 is 2.16 bits per heavy atom. The molecule has 1 heterocycles. The molecular formula is C16H20BrNS. The van der Waals surface area contributed by atoms with Gasteiger partial charge in [-0.05, 0) is 43.0 Å². The average molecular weight is 338 g/mol. The van der Waals surface area contributed by atoms with Crippen LogP contribution in [0.15, 0.2) is 40.2 Å². The maximum absolute atomic E-state index is 3.69. The van der Waals surface area contributed by atoms with Gasteiger partial charge in [0, 0.05) is 21.8 Å². The lowest BCUT2D eigenvalue weighted by Crippen LogP contribution is -2.24. The lowest BCUT2D eigenvalue weighted by atomic mass is 10.0. The van der Waals surface area contributed by atoms with Crippen LogP contribution in [0.1, 0.15) is 35.4 Å². The third-order valence-electron chi connectivity index (χ3n) is 3.15. The Balaban J connectivity index is 2.23. The first-order chi connectivity index (χ1) is 9.20. The standard InChI is InChI=1S/C16H20BrNS/c1-3-8-18-16(11-13-5-4-9-19-13)14-10-12(2)6-7-15(14)17/h4-7,9-10,16,18H,3,8,11H2,1-2H3. The summed E-state index contributed by atoms with van der Waals surface area (Å²) in [4.78, 5) is 1.43. The van der Waals surface area contributed by atoms with Crippen molar-refractivity contribution in [2.24, 2.45) is 0 Å². The minimum atomic E-state index is 0.382. The van der Waals surface area contributed by atoms with E-state index >= 15 is 0 Å². The van der Waals surface area contributed by atoms with Crippen LogP contribution in [0.3, 0.4) is 0 Å². The van der Waals surface area contributed by atoms with Gasteiger partial charge >= 0.3 is 0 Å². The van der Waals surface area contributed by atoms with E-state index in [2.05, 4.69) is 70.8 Å². The van der Waals surface area contributed by atoms with Gasteiger partial charge in [0.15, 0.2) is 0 Å². The van der Waals surface area contributed by atoms with Crippen molar-refractivity contribution in [2.75, 3.05) is 6.54 Å². The molecule has 1 N–H and O–H groups in total. The van der Waals surface area contributed by atoms with Gasteiger partial charge in [0.25, 0.3) is 0 Å². The molecule has 1 aromatic carbocycles. The number of thiophene rings is 1. The fourth-order valence-electron chi connectivity index (χ4n) is 2.17. The molecule has 3 heteroatoms. The number of hydrogen-bond donors (Lipinski definition) is 1. The zero-order valence-corrected chi connectivity index (χ0v) is 13.9. The summed E-state index contributed by atoms with van der Waals surface area (Å²) in [5.41, 5.74) is 2.68. The number of hydrogen-bond acceptors (Lipinski definition) is 2. The molecule has 2 rings (SSSR count). The van der Waals surface area contributed by atoms with E-state index in [1.165, 1.54) is 20.5 Å². The van der Waals surface area contributed by atoms with E-state index in [0.717, 1.165) is 19.4 Å². The van der Waals surface area contributed by atoms with Crippen LogP contribution in [0, 0.1) is 6.92 Å². The van der Waals surface area contributed by atoms with Gasteiger partial charge < -0.3 is 5.32 Å². The van der Waals surface area contributed by atoms with E-state index < -0.39 is 0 Å². The van der Waals surface area contributed by atoms with Crippen molar-refractivity contribution in [1.82, 2.24) is 5.32 Å². The second-order valence-electron chi connectivity index (χ2n) is 4.82. The molecule has 0 aliphatic carbocycles. The van der Waals surface area contributed by atoms with E-state index in [-0.39, 0.29) is 0 Å².